The molecule has 21 heavy (non-hydrogen) atoms. The van der Waals surface area contributed by atoms with Crippen LogP contribution < -0.4 is 4.74 Å². The number of hydrogen-bond donors (Lipinski definition) is 0. The lowest BCUT2D eigenvalue weighted by Crippen LogP contribution is -1.91. The molecule has 2 aromatic rings. The molecule has 1 aliphatic rings. The van der Waals surface area contributed by atoms with Gasteiger partial charge in [-0.05, 0) is 41.5 Å². The lowest BCUT2D eigenvalue weighted by molar-refractivity contribution is 0.414. The Bertz CT molecular complexity index is 646. The second-order valence-corrected chi connectivity index (χ2v) is 7.42. The summed E-state index contributed by atoms with van der Waals surface area (Å²) in [4.78, 5) is 0. The molecule has 1 nitrogen and oxygen atoms in total. The number of halogens is 4. The third-order valence-electron chi connectivity index (χ3n) is 3.77. The molecule has 1 aliphatic carbocycles. The van der Waals surface area contributed by atoms with Gasteiger partial charge in [0, 0.05) is 21.9 Å². The van der Waals surface area contributed by atoms with E-state index in [1.807, 2.05) is 36.4 Å². The Morgan fingerprint density at radius 1 is 0.857 bits per heavy atom. The molecule has 110 valence electrons. The van der Waals surface area contributed by atoms with E-state index in [0.29, 0.717) is 10.0 Å². The lowest BCUT2D eigenvalue weighted by atomic mass is 10.0. The van der Waals surface area contributed by atoms with Crippen molar-refractivity contribution in [3.8, 4) is 5.75 Å². The highest BCUT2D eigenvalue weighted by atomic mass is 35.5. The quantitative estimate of drug-likeness (QED) is 0.604. The predicted molar refractivity (Wildman–Crippen MR) is 89.4 cm³/mol. The number of methoxy groups -OCH3 is 1. The highest BCUT2D eigenvalue weighted by Crippen LogP contribution is 2.70. The number of hydrogen-bond acceptors (Lipinski definition) is 1. The smallest absolute Gasteiger partial charge is 0.133 e. The molecular weight excluding hydrogens is 350 g/mol. The Hall–Kier alpha value is -0.600. The molecule has 3 rings (SSSR count). The van der Waals surface area contributed by atoms with E-state index >= 15 is 0 Å². The van der Waals surface area contributed by atoms with Gasteiger partial charge >= 0.3 is 0 Å². The van der Waals surface area contributed by atoms with E-state index in [9.17, 15) is 0 Å². The van der Waals surface area contributed by atoms with E-state index in [1.54, 1.807) is 13.2 Å². The van der Waals surface area contributed by atoms with Crippen molar-refractivity contribution < 1.29 is 4.74 Å². The molecule has 0 aromatic heterocycles. The Morgan fingerprint density at radius 2 is 1.38 bits per heavy atom. The van der Waals surface area contributed by atoms with Crippen molar-refractivity contribution in [3.63, 3.8) is 0 Å². The van der Waals surface area contributed by atoms with Crippen LogP contribution in [0.15, 0.2) is 42.5 Å². The first kappa shape index (κ1) is 15.3. The molecular formula is C16H12Cl4O. The molecule has 0 N–H and O–H groups in total. The summed E-state index contributed by atoms with van der Waals surface area (Å²) in [5.41, 5.74) is 2.03. The normalized spacial score (nSPS) is 22.9. The van der Waals surface area contributed by atoms with Crippen LogP contribution in [-0.4, -0.2) is 11.4 Å². The molecule has 0 radical (unpaired) electrons. The van der Waals surface area contributed by atoms with E-state index in [0.717, 1.165) is 16.9 Å². The first-order chi connectivity index (χ1) is 9.93. The molecule has 0 bridgehead atoms. The minimum absolute atomic E-state index is 0.0151. The van der Waals surface area contributed by atoms with Crippen LogP contribution in [0.25, 0.3) is 0 Å². The Kier molecular flexibility index (Phi) is 4.04. The average Bonchev–Trinajstić information content (AvgIpc) is 3.00. The second-order valence-electron chi connectivity index (χ2n) is 5.11. The molecule has 5 heteroatoms. The number of benzene rings is 2. The molecule has 0 amide bonds. The predicted octanol–water partition coefficient (Wildman–Crippen LogP) is 6.06. The summed E-state index contributed by atoms with van der Waals surface area (Å²) in [6, 6.07) is 13.2. The van der Waals surface area contributed by atoms with Crippen molar-refractivity contribution >= 4 is 46.4 Å². The van der Waals surface area contributed by atoms with Gasteiger partial charge in [-0.25, -0.2) is 0 Å². The van der Waals surface area contributed by atoms with E-state index in [-0.39, 0.29) is 11.8 Å². The fourth-order valence-corrected chi connectivity index (χ4v) is 4.15. The summed E-state index contributed by atoms with van der Waals surface area (Å²) in [5, 5.41) is 1.17. The van der Waals surface area contributed by atoms with Crippen molar-refractivity contribution in [2.75, 3.05) is 7.11 Å². The van der Waals surface area contributed by atoms with E-state index in [4.69, 9.17) is 51.1 Å². The highest BCUT2D eigenvalue weighted by Gasteiger charge is 2.64. The third kappa shape index (κ3) is 2.85. The number of alkyl halides is 2. The van der Waals surface area contributed by atoms with Gasteiger partial charge in [-0.1, -0.05) is 35.3 Å². The van der Waals surface area contributed by atoms with Crippen LogP contribution in [0.2, 0.25) is 10.0 Å². The van der Waals surface area contributed by atoms with Crippen molar-refractivity contribution in [1.82, 2.24) is 0 Å². The zero-order valence-electron chi connectivity index (χ0n) is 11.1. The summed E-state index contributed by atoms with van der Waals surface area (Å²) in [5.74, 6) is 0.795. The largest absolute Gasteiger partial charge is 0.497 e. The van der Waals surface area contributed by atoms with Crippen molar-refractivity contribution in [1.29, 1.82) is 0 Å². The van der Waals surface area contributed by atoms with Crippen LogP contribution in [0.5, 0.6) is 5.75 Å². The fourth-order valence-electron chi connectivity index (χ4n) is 2.72. The summed E-state index contributed by atoms with van der Waals surface area (Å²) in [6.45, 7) is 0. The topological polar surface area (TPSA) is 9.23 Å². The van der Waals surface area contributed by atoms with Crippen molar-refractivity contribution in [2.45, 2.75) is 16.2 Å². The zero-order chi connectivity index (χ0) is 15.2. The second kappa shape index (κ2) is 5.55. The maximum absolute atomic E-state index is 6.47. The van der Waals surface area contributed by atoms with Crippen molar-refractivity contribution in [3.05, 3.63) is 63.6 Å². The maximum atomic E-state index is 6.47. The summed E-state index contributed by atoms with van der Waals surface area (Å²) in [6.07, 6.45) is 0. The molecule has 0 spiro atoms. The Morgan fingerprint density at radius 3 is 1.90 bits per heavy atom. The van der Waals surface area contributed by atoms with Crippen molar-refractivity contribution in [2.24, 2.45) is 0 Å². The fraction of sp³-hybridized carbons (Fsp3) is 0.250. The zero-order valence-corrected chi connectivity index (χ0v) is 14.1. The van der Waals surface area contributed by atoms with E-state index < -0.39 is 4.33 Å². The van der Waals surface area contributed by atoms with Gasteiger partial charge in [0.25, 0.3) is 0 Å². The first-order valence-electron chi connectivity index (χ1n) is 6.41. The van der Waals surface area contributed by atoms with Gasteiger partial charge in [0.2, 0.25) is 0 Å². The molecule has 1 saturated carbocycles. The highest BCUT2D eigenvalue weighted by molar-refractivity contribution is 6.52. The summed E-state index contributed by atoms with van der Waals surface area (Å²) < 4.78 is 4.32. The maximum Gasteiger partial charge on any atom is 0.133 e. The molecule has 0 saturated heterocycles. The third-order valence-corrected chi connectivity index (χ3v) is 5.15. The van der Waals surface area contributed by atoms with Gasteiger partial charge < -0.3 is 4.74 Å². The van der Waals surface area contributed by atoms with E-state index in [2.05, 4.69) is 0 Å². The Labute approximate surface area is 143 Å². The van der Waals surface area contributed by atoms with E-state index in [1.165, 1.54) is 0 Å². The van der Waals surface area contributed by atoms with Gasteiger partial charge in [0.05, 0.1) is 7.11 Å². The molecule has 2 aromatic carbocycles. The monoisotopic (exact) mass is 360 g/mol. The SMILES string of the molecule is COc1ccc(C2C(c3cc(Cl)cc(Cl)c3)C2(Cl)Cl)cc1. The minimum Gasteiger partial charge on any atom is -0.497 e. The number of ether oxygens (including phenoxy) is 1. The average molecular weight is 362 g/mol. The van der Waals surface area contributed by atoms with Crippen LogP contribution in [0, 0.1) is 0 Å². The molecule has 2 atom stereocenters. The van der Waals surface area contributed by atoms with Crippen LogP contribution in [0.1, 0.15) is 23.0 Å². The lowest BCUT2D eigenvalue weighted by Gasteiger charge is -2.04. The summed E-state index contributed by atoms with van der Waals surface area (Å²) in [7, 11) is 1.64. The van der Waals surface area contributed by atoms with Crippen LogP contribution in [0.4, 0.5) is 0 Å². The Balaban J connectivity index is 1.93. The number of rotatable bonds is 3. The van der Waals surface area contributed by atoms with Crippen LogP contribution in [0.3, 0.4) is 0 Å². The molecule has 2 unspecified atom stereocenters. The summed E-state index contributed by atoms with van der Waals surface area (Å²) >= 11 is 25.1. The van der Waals surface area contributed by atoms with Gasteiger partial charge in [0.1, 0.15) is 10.1 Å². The molecule has 1 fully saturated rings. The minimum atomic E-state index is -0.845. The van der Waals surface area contributed by atoms with Gasteiger partial charge in [-0.3, -0.25) is 0 Å². The van der Waals surface area contributed by atoms with Gasteiger partial charge in [0.15, 0.2) is 0 Å². The van der Waals surface area contributed by atoms with Crippen LogP contribution >= 0.6 is 46.4 Å². The standard InChI is InChI=1S/C16H12Cl4O/c1-21-13-4-2-9(3-5-13)14-15(16(14,19)20)10-6-11(17)8-12(18)7-10/h2-8,14-15H,1H3. The van der Waals surface area contributed by atoms with Gasteiger partial charge in [-0.2, -0.15) is 0 Å². The first-order valence-corrected chi connectivity index (χ1v) is 7.92. The molecule has 0 heterocycles. The van der Waals surface area contributed by atoms with Gasteiger partial charge in [-0.15, -0.1) is 23.2 Å². The van der Waals surface area contributed by atoms with Crippen LogP contribution in [-0.2, 0) is 0 Å². The molecule has 0 aliphatic heterocycles.